The smallest absolute Gasteiger partial charge is 0.196 e. The van der Waals surface area contributed by atoms with Gasteiger partial charge in [-0.05, 0) is 42.0 Å². The van der Waals surface area contributed by atoms with Crippen LogP contribution in [0.4, 0.5) is 0 Å². The molecule has 2 heterocycles. The molecule has 0 atom stereocenters. The van der Waals surface area contributed by atoms with E-state index in [2.05, 4.69) is 6.08 Å². The van der Waals surface area contributed by atoms with Gasteiger partial charge in [0.15, 0.2) is 5.43 Å². The highest BCUT2D eigenvalue weighted by atomic mass is 35.5. The van der Waals surface area contributed by atoms with Gasteiger partial charge in [-0.2, -0.15) is 0 Å². The fraction of sp³-hybridized carbons (Fsp3) is 0.105. The van der Waals surface area contributed by atoms with Crippen molar-refractivity contribution in [1.29, 1.82) is 0 Å². The van der Waals surface area contributed by atoms with Gasteiger partial charge >= 0.3 is 0 Å². The van der Waals surface area contributed by atoms with E-state index in [0.717, 1.165) is 36.9 Å². The minimum atomic E-state index is 0.0949. The lowest BCUT2D eigenvalue weighted by Crippen LogP contribution is -2.15. The number of ether oxygens (including phenoxy) is 1. The van der Waals surface area contributed by atoms with Crippen molar-refractivity contribution in [1.82, 2.24) is 0 Å². The van der Waals surface area contributed by atoms with E-state index < -0.39 is 0 Å². The highest BCUT2D eigenvalue weighted by molar-refractivity contribution is 8.01. The first-order valence-corrected chi connectivity index (χ1v) is 9.67. The zero-order valence-electron chi connectivity index (χ0n) is 12.6. The Hall–Kier alpha value is -1.75. The topological polar surface area (TPSA) is 26.3 Å². The molecular weight excluding hydrogens is 360 g/mol. The SMILES string of the molecule is O=c1c2c(sc3ccccc13)SCC=C2COc1ccc(Cl)cc1. The lowest BCUT2D eigenvalue weighted by Gasteiger charge is -2.17. The molecule has 0 radical (unpaired) electrons. The molecule has 0 N–H and O–H groups in total. The van der Waals surface area contributed by atoms with E-state index in [1.807, 2.05) is 36.4 Å². The van der Waals surface area contributed by atoms with Crippen LogP contribution in [0.25, 0.3) is 15.7 Å². The Bertz CT molecular complexity index is 990. The number of halogens is 1. The van der Waals surface area contributed by atoms with Crippen LogP contribution in [0.5, 0.6) is 5.75 Å². The first-order valence-electron chi connectivity index (χ1n) is 7.49. The standard InChI is InChI=1S/C19H13ClO2S2/c20-13-5-7-14(8-6-13)22-11-12-9-10-23-19-17(12)18(21)15-3-1-2-4-16(15)24-19/h1-9H,10-11H2. The summed E-state index contributed by atoms with van der Waals surface area (Å²) in [6, 6.07) is 15.0. The Morgan fingerprint density at radius 2 is 1.88 bits per heavy atom. The third-order valence-electron chi connectivity index (χ3n) is 3.84. The van der Waals surface area contributed by atoms with Gasteiger partial charge in [0.2, 0.25) is 0 Å². The van der Waals surface area contributed by atoms with Crippen LogP contribution >= 0.6 is 34.7 Å². The molecule has 0 bridgehead atoms. The van der Waals surface area contributed by atoms with Crippen LogP contribution in [0, 0.1) is 0 Å². The van der Waals surface area contributed by atoms with Crippen LogP contribution in [0.3, 0.4) is 0 Å². The normalized spacial score (nSPS) is 13.5. The van der Waals surface area contributed by atoms with Crippen LogP contribution in [0.1, 0.15) is 5.56 Å². The maximum atomic E-state index is 12.9. The second-order valence-electron chi connectivity index (χ2n) is 5.37. The Labute approximate surface area is 152 Å². The summed E-state index contributed by atoms with van der Waals surface area (Å²) in [6.45, 7) is 0.384. The van der Waals surface area contributed by atoms with Crippen LogP contribution in [-0.2, 0) is 0 Å². The van der Waals surface area contributed by atoms with Crippen molar-refractivity contribution in [3.63, 3.8) is 0 Å². The summed E-state index contributed by atoms with van der Waals surface area (Å²) < 4.78 is 7.97. The predicted molar refractivity (Wildman–Crippen MR) is 104 cm³/mol. The number of thioether (sulfide) groups is 1. The van der Waals surface area contributed by atoms with Crippen molar-refractivity contribution in [3.05, 3.63) is 75.4 Å². The lowest BCUT2D eigenvalue weighted by molar-refractivity contribution is 0.369. The first-order chi connectivity index (χ1) is 11.7. The van der Waals surface area contributed by atoms with Crippen molar-refractivity contribution in [3.8, 4) is 5.75 Å². The van der Waals surface area contributed by atoms with Gasteiger partial charge in [0.1, 0.15) is 12.4 Å². The minimum absolute atomic E-state index is 0.0949. The maximum absolute atomic E-state index is 12.9. The quantitative estimate of drug-likeness (QED) is 0.608. The van der Waals surface area contributed by atoms with E-state index in [-0.39, 0.29) is 5.43 Å². The Morgan fingerprint density at radius 3 is 2.71 bits per heavy atom. The average molecular weight is 373 g/mol. The van der Waals surface area contributed by atoms with E-state index in [1.54, 1.807) is 35.2 Å². The van der Waals surface area contributed by atoms with Gasteiger partial charge in [0.05, 0.1) is 9.77 Å². The largest absolute Gasteiger partial charge is 0.489 e. The molecule has 120 valence electrons. The number of rotatable bonds is 3. The molecule has 2 aromatic carbocycles. The van der Waals surface area contributed by atoms with Gasteiger partial charge in [-0.3, -0.25) is 4.79 Å². The van der Waals surface area contributed by atoms with E-state index in [4.69, 9.17) is 16.3 Å². The van der Waals surface area contributed by atoms with Gasteiger partial charge in [0, 0.05) is 20.9 Å². The Balaban J connectivity index is 1.69. The summed E-state index contributed by atoms with van der Waals surface area (Å²) in [4.78, 5) is 12.9. The summed E-state index contributed by atoms with van der Waals surface area (Å²) in [6.07, 6.45) is 2.09. The van der Waals surface area contributed by atoms with E-state index in [9.17, 15) is 4.79 Å². The van der Waals surface area contributed by atoms with Crippen LogP contribution in [-0.4, -0.2) is 12.4 Å². The number of hydrogen-bond acceptors (Lipinski definition) is 4. The molecule has 0 amide bonds. The van der Waals surface area contributed by atoms with Gasteiger partial charge in [-0.25, -0.2) is 0 Å². The molecule has 3 aromatic rings. The molecule has 0 saturated carbocycles. The zero-order chi connectivity index (χ0) is 16.5. The van der Waals surface area contributed by atoms with Crippen LogP contribution in [0.15, 0.2) is 63.6 Å². The second-order valence-corrected chi connectivity index (χ2v) is 8.15. The third-order valence-corrected chi connectivity index (χ3v) is 6.46. The lowest BCUT2D eigenvalue weighted by atomic mass is 10.1. The van der Waals surface area contributed by atoms with E-state index >= 15 is 0 Å². The van der Waals surface area contributed by atoms with Crippen molar-refractivity contribution < 1.29 is 4.74 Å². The van der Waals surface area contributed by atoms with Crippen LogP contribution < -0.4 is 10.2 Å². The summed E-state index contributed by atoms with van der Waals surface area (Å²) in [7, 11) is 0. The van der Waals surface area contributed by atoms with Gasteiger partial charge in [0.25, 0.3) is 0 Å². The summed E-state index contributed by atoms with van der Waals surface area (Å²) in [5.41, 5.74) is 1.85. The van der Waals surface area contributed by atoms with Gasteiger partial charge in [-0.1, -0.05) is 29.8 Å². The molecule has 0 saturated heterocycles. The number of hydrogen-bond donors (Lipinski definition) is 0. The molecule has 0 unspecified atom stereocenters. The predicted octanol–water partition coefficient (Wildman–Crippen LogP) is 5.48. The molecule has 0 spiro atoms. The summed E-state index contributed by atoms with van der Waals surface area (Å²) in [5, 5.41) is 1.46. The molecule has 1 aliphatic heterocycles. The molecule has 1 aromatic heterocycles. The molecular formula is C19H13ClO2S2. The second kappa shape index (κ2) is 6.63. The van der Waals surface area contributed by atoms with Gasteiger partial charge < -0.3 is 4.74 Å². The van der Waals surface area contributed by atoms with E-state index in [0.29, 0.717) is 11.6 Å². The molecule has 24 heavy (non-hydrogen) atoms. The monoisotopic (exact) mass is 372 g/mol. The average Bonchev–Trinajstić information content (AvgIpc) is 2.61. The zero-order valence-corrected chi connectivity index (χ0v) is 15.0. The summed E-state index contributed by atoms with van der Waals surface area (Å²) >= 11 is 9.29. The number of fused-ring (bicyclic) bond motifs is 2. The van der Waals surface area contributed by atoms with Crippen LogP contribution in [0.2, 0.25) is 5.02 Å². The first kappa shape index (κ1) is 15.8. The molecule has 0 aliphatic carbocycles. The highest BCUT2D eigenvalue weighted by Gasteiger charge is 2.20. The highest BCUT2D eigenvalue weighted by Crippen LogP contribution is 2.37. The van der Waals surface area contributed by atoms with Gasteiger partial charge in [-0.15, -0.1) is 23.1 Å². The fourth-order valence-electron chi connectivity index (χ4n) is 2.64. The molecule has 1 aliphatic rings. The maximum Gasteiger partial charge on any atom is 0.196 e. The van der Waals surface area contributed by atoms with Crippen molar-refractivity contribution in [2.24, 2.45) is 0 Å². The number of benzene rings is 2. The minimum Gasteiger partial charge on any atom is -0.489 e. The van der Waals surface area contributed by atoms with Crippen molar-refractivity contribution in [2.45, 2.75) is 4.21 Å². The Morgan fingerprint density at radius 1 is 1.08 bits per heavy atom. The fourth-order valence-corrected chi connectivity index (χ4v) is 5.23. The summed E-state index contributed by atoms with van der Waals surface area (Å²) in [5.74, 6) is 1.61. The van der Waals surface area contributed by atoms with Crippen molar-refractivity contribution >= 4 is 50.4 Å². The molecule has 5 heteroatoms. The molecule has 2 nitrogen and oxygen atoms in total. The van der Waals surface area contributed by atoms with E-state index in [1.165, 1.54) is 0 Å². The third kappa shape index (κ3) is 2.97. The Kier molecular flexibility index (Phi) is 4.35. The van der Waals surface area contributed by atoms with Crippen molar-refractivity contribution in [2.75, 3.05) is 12.4 Å². The molecule has 4 rings (SSSR count). The molecule has 0 fully saturated rings.